The Bertz CT molecular complexity index is 1210. The molecule has 2 heterocycles. The van der Waals surface area contributed by atoms with Gasteiger partial charge in [-0.3, -0.25) is 19.2 Å². The van der Waals surface area contributed by atoms with Gasteiger partial charge in [0.2, 0.25) is 17.7 Å². The highest BCUT2D eigenvalue weighted by atomic mass is 16.6. The molecule has 15 heteroatoms. The number of carbonyl (C=O) groups is 5. The Morgan fingerprint density at radius 2 is 1.69 bits per heavy atom. The summed E-state index contributed by atoms with van der Waals surface area (Å²) in [6, 6.07) is -0.559. The van der Waals surface area contributed by atoms with Crippen molar-refractivity contribution in [1.82, 2.24) is 21.3 Å². The summed E-state index contributed by atoms with van der Waals surface area (Å²) >= 11 is 0. The Morgan fingerprint density at radius 1 is 0.962 bits per heavy atom. The van der Waals surface area contributed by atoms with Crippen LogP contribution in [0.2, 0.25) is 0 Å². The molecule has 3 amide bonds. The van der Waals surface area contributed by atoms with Gasteiger partial charge in [-0.15, -0.1) is 0 Å². The molecule has 3 unspecified atom stereocenters. The van der Waals surface area contributed by atoms with Gasteiger partial charge in [-0.1, -0.05) is 25.5 Å². The molecule has 0 bridgehead atoms. The van der Waals surface area contributed by atoms with Gasteiger partial charge in [-0.25, -0.2) is 0 Å². The van der Waals surface area contributed by atoms with Crippen LogP contribution >= 0.6 is 0 Å². The molecule has 1 aliphatic carbocycles. The molecule has 3 aliphatic rings. The van der Waals surface area contributed by atoms with E-state index in [4.69, 9.17) is 28.4 Å². The number of ether oxygens (including phenoxy) is 6. The minimum Gasteiger partial charge on any atom is -0.460 e. The fourth-order valence-corrected chi connectivity index (χ4v) is 6.91. The van der Waals surface area contributed by atoms with E-state index < -0.39 is 11.9 Å². The summed E-state index contributed by atoms with van der Waals surface area (Å²) in [6.45, 7) is 12.6. The highest BCUT2D eigenvalue weighted by Crippen LogP contribution is 2.59. The molecule has 0 aromatic heterocycles. The van der Waals surface area contributed by atoms with E-state index in [0.29, 0.717) is 65.1 Å². The molecule has 7 atom stereocenters. The molecule has 3 fully saturated rings. The van der Waals surface area contributed by atoms with Crippen molar-refractivity contribution in [1.29, 1.82) is 0 Å². The Hall–Kier alpha value is -2.95. The molecule has 52 heavy (non-hydrogen) atoms. The molecule has 0 aromatic rings. The standard InChI is InChI=1S/C37H62N4O11/c1-25(2)9-10-29-36(5,52-29)34-33(47-6)28(11-13-37(34)24-50-37)51-32(45)8-7-18-48-20-21-49-19-16-40-30(43)12-14-38-27(22-26(3)4)35(46)41-23-31(44)39-15-17-42/h9,17,26-29,33-34,38H,7-8,10-16,18-24H2,1-6H3,(H,39,44)(H,40,43)(H,41,46)/t27-,28?,29+,33?,34?,36+,37-/m0/s1. The van der Waals surface area contributed by atoms with Crippen molar-refractivity contribution >= 4 is 30.0 Å². The minimum atomic E-state index is -0.559. The van der Waals surface area contributed by atoms with Gasteiger partial charge in [-0.05, 0) is 58.8 Å². The van der Waals surface area contributed by atoms with Crippen molar-refractivity contribution in [2.24, 2.45) is 11.8 Å². The Morgan fingerprint density at radius 3 is 2.35 bits per heavy atom. The molecule has 0 aromatic carbocycles. The molecule has 2 aliphatic heterocycles. The third-order valence-corrected chi connectivity index (χ3v) is 9.70. The van der Waals surface area contributed by atoms with Gasteiger partial charge in [0.05, 0.1) is 57.6 Å². The fraction of sp³-hybridized carbons (Fsp3) is 0.811. The van der Waals surface area contributed by atoms with Crippen molar-refractivity contribution < 1.29 is 52.4 Å². The molecule has 15 nitrogen and oxygen atoms in total. The number of epoxide rings is 2. The number of hydrogen-bond acceptors (Lipinski definition) is 12. The second-order valence-corrected chi connectivity index (χ2v) is 14.7. The average molecular weight is 739 g/mol. The zero-order chi connectivity index (χ0) is 38.1. The average Bonchev–Trinajstić information content (AvgIpc) is 4.02. The van der Waals surface area contributed by atoms with E-state index in [-0.39, 0.29) is 91.6 Å². The van der Waals surface area contributed by atoms with E-state index in [1.165, 1.54) is 5.57 Å². The number of allylic oxidation sites excluding steroid dienone is 1. The largest absolute Gasteiger partial charge is 0.460 e. The Labute approximate surface area is 308 Å². The van der Waals surface area contributed by atoms with Gasteiger partial charge in [0.15, 0.2) is 0 Å². The minimum absolute atomic E-state index is 0.0158. The molecule has 3 rings (SSSR count). The maximum Gasteiger partial charge on any atom is 0.306 e. The summed E-state index contributed by atoms with van der Waals surface area (Å²) in [5.41, 5.74) is 0.610. The van der Waals surface area contributed by atoms with Crippen molar-refractivity contribution in [2.75, 3.05) is 66.3 Å². The second kappa shape index (κ2) is 21.7. The number of hydrogen-bond donors (Lipinski definition) is 4. The smallest absolute Gasteiger partial charge is 0.306 e. The maximum absolute atomic E-state index is 12.8. The number of methoxy groups -OCH3 is 1. The first kappa shape index (κ1) is 43.5. The van der Waals surface area contributed by atoms with E-state index in [2.05, 4.69) is 48.1 Å². The topological polar surface area (TPSA) is 195 Å². The van der Waals surface area contributed by atoms with Gasteiger partial charge < -0.3 is 54.5 Å². The van der Waals surface area contributed by atoms with E-state index in [1.807, 2.05) is 13.8 Å². The summed E-state index contributed by atoms with van der Waals surface area (Å²) in [7, 11) is 1.67. The summed E-state index contributed by atoms with van der Waals surface area (Å²) in [5, 5.41) is 10.8. The number of rotatable bonds is 26. The van der Waals surface area contributed by atoms with Crippen molar-refractivity contribution in [2.45, 2.75) is 115 Å². The SMILES string of the molecule is COC1C(OC(=O)CCCOCCOCCNC(=O)CCN[C@@H](CC(C)C)C(=O)NCC(=O)NCC=O)CC[C@]2(CO2)C1[C@]1(C)O[C@@H]1CC=C(C)C. The molecule has 296 valence electrons. The first-order valence-corrected chi connectivity index (χ1v) is 18.7. The third kappa shape index (κ3) is 14.1. The number of nitrogens with one attached hydrogen (secondary N) is 4. The summed E-state index contributed by atoms with van der Waals surface area (Å²) in [5.74, 6) is -1.06. The number of esters is 1. The summed E-state index contributed by atoms with van der Waals surface area (Å²) in [4.78, 5) is 59.5. The van der Waals surface area contributed by atoms with Crippen LogP contribution in [-0.4, -0.2) is 132 Å². The number of aldehydes is 1. The first-order chi connectivity index (χ1) is 24.8. The Kier molecular flexibility index (Phi) is 18.1. The first-order valence-electron chi connectivity index (χ1n) is 18.7. The lowest BCUT2D eigenvalue weighted by Gasteiger charge is -2.42. The van der Waals surface area contributed by atoms with Crippen molar-refractivity contribution in [3.05, 3.63) is 11.6 Å². The predicted molar refractivity (Wildman–Crippen MR) is 191 cm³/mol. The van der Waals surface area contributed by atoms with Crippen molar-refractivity contribution in [3.8, 4) is 0 Å². The van der Waals surface area contributed by atoms with Crippen LogP contribution in [0.3, 0.4) is 0 Å². The zero-order valence-electron chi connectivity index (χ0n) is 31.9. The van der Waals surface area contributed by atoms with Crippen LogP contribution in [0.25, 0.3) is 0 Å². The van der Waals surface area contributed by atoms with Gasteiger partial charge in [-0.2, -0.15) is 0 Å². The predicted octanol–water partition coefficient (Wildman–Crippen LogP) is 1.36. The lowest BCUT2D eigenvalue weighted by molar-refractivity contribution is -0.172. The molecular weight excluding hydrogens is 676 g/mol. The highest BCUT2D eigenvalue weighted by molar-refractivity contribution is 5.88. The van der Waals surface area contributed by atoms with E-state index in [1.54, 1.807) is 7.11 Å². The maximum atomic E-state index is 12.8. The van der Waals surface area contributed by atoms with Crippen LogP contribution in [0.5, 0.6) is 0 Å². The zero-order valence-corrected chi connectivity index (χ0v) is 31.9. The van der Waals surface area contributed by atoms with Crippen molar-refractivity contribution in [3.63, 3.8) is 0 Å². The van der Waals surface area contributed by atoms with Crippen LogP contribution in [-0.2, 0) is 52.4 Å². The number of carbonyl (C=O) groups excluding carboxylic acids is 5. The van der Waals surface area contributed by atoms with E-state index in [0.717, 1.165) is 12.8 Å². The van der Waals surface area contributed by atoms with Gasteiger partial charge in [0.1, 0.15) is 29.7 Å². The van der Waals surface area contributed by atoms with Crippen LogP contribution in [0, 0.1) is 11.8 Å². The molecule has 0 radical (unpaired) electrons. The van der Waals surface area contributed by atoms with Crippen LogP contribution < -0.4 is 21.3 Å². The third-order valence-electron chi connectivity index (χ3n) is 9.70. The number of amides is 3. The molecule has 1 saturated carbocycles. The van der Waals surface area contributed by atoms with Gasteiger partial charge >= 0.3 is 5.97 Å². The van der Waals surface area contributed by atoms with Crippen LogP contribution in [0.1, 0.15) is 79.6 Å². The highest BCUT2D eigenvalue weighted by Gasteiger charge is 2.72. The quantitative estimate of drug-likeness (QED) is 0.0328. The summed E-state index contributed by atoms with van der Waals surface area (Å²) < 4.78 is 35.3. The lowest BCUT2D eigenvalue weighted by Crippen LogP contribution is -2.55. The normalized spacial score (nSPS) is 26.7. The van der Waals surface area contributed by atoms with E-state index in [9.17, 15) is 24.0 Å². The Balaban J connectivity index is 1.22. The summed E-state index contributed by atoms with van der Waals surface area (Å²) in [6.07, 6.45) is 5.98. The van der Waals surface area contributed by atoms with Crippen LogP contribution in [0.15, 0.2) is 11.6 Å². The second-order valence-electron chi connectivity index (χ2n) is 14.7. The van der Waals surface area contributed by atoms with Crippen LogP contribution in [0.4, 0.5) is 0 Å². The molecule has 1 spiro atoms. The lowest BCUT2D eigenvalue weighted by atomic mass is 9.68. The monoisotopic (exact) mass is 738 g/mol. The molecular formula is C37H62N4O11. The van der Waals surface area contributed by atoms with Gasteiger partial charge in [0.25, 0.3) is 0 Å². The van der Waals surface area contributed by atoms with E-state index >= 15 is 0 Å². The molecule has 4 N–H and O–H groups in total. The fourth-order valence-electron chi connectivity index (χ4n) is 6.91. The van der Waals surface area contributed by atoms with Gasteiger partial charge in [0, 0.05) is 39.6 Å². The molecule has 2 saturated heterocycles.